The van der Waals surface area contributed by atoms with E-state index in [0.717, 1.165) is 31.1 Å². The van der Waals surface area contributed by atoms with E-state index in [2.05, 4.69) is 19.9 Å². The molecule has 3 rings (SSSR count). The van der Waals surface area contributed by atoms with Gasteiger partial charge in [0.05, 0.1) is 13.2 Å². The molecule has 1 aliphatic carbocycles. The lowest BCUT2D eigenvalue weighted by Crippen LogP contribution is -2.32. The lowest BCUT2D eigenvalue weighted by molar-refractivity contribution is 0.296. The van der Waals surface area contributed by atoms with Crippen molar-refractivity contribution in [3.8, 4) is 11.5 Å². The molecule has 1 saturated carbocycles. The summed E-state index contributed by atoms with van der Waals surface area (Å²) >= 11 is 0. The molecule has 1 aliphatic heterocycles. The highest BCUT2D eigenvalue weighted by Crippen LogP contribution is 2.53. The van der Waals surface area contributed by atoms with Crippen LogP contribution in [0, 0.1) is 6.92 Å². The Kier molecular flexibility index (Phi) is 2.74. The fraction of sp³-hybridized carbons (Fsp3) is 0.600. The molecule has 0 radical (unpaired) electrons. The predicted molar refractivity (Wildman–Crippen MR) is 71.3 cm³/mol. The van der Waals surface area contributed by atoms with Gasteiger partial charge in [0, 0.05) is 17.9 Å². The summed E-state index contributed by atoms with van der Waals surface area (Å²) in [6.45, 7) is 5.72. The minimum absolute atomic E-state index is 0.175. The van der Waals surface area contributed by atoms with Crippen LogP contribution in [0.3, 0.4) is 0 Å². The van der Waals surface area contributed by atoms with Crippen LogP contribution in [0.1, 0.15) is 37.3 Å². The van der Waals surface area contributed by atoms with E-state index in [9.17, 15) is 0 Å². The summed E-state index contributed by atoms with van der Waals surface area (Å²) in [5.41, 5.74) is 8.90. The summed E-state index contributed by atoms with van der Waals surface area (Å²) in [6, 6.07) is 4.42. The first-order valence-corrected chi connectivity index (χ1v) is 6.80. The molecule has 98 valence electrons. The zero-order valence-corrected chi connectivity index (χ0v) is 11.2. The van der Waals surface area contributed by atoms with E-state index >= 15 is 0 Å². The summed E-state index contributed by atoms with van der Waals surface area (Å²) < 4.78 is 11.6. The second-order valence-corrected chi connectivity index (χ2v) is 5.56. The van der Waals surface area contributed by atoms with Gasteiger partial charge in [-0.2, -0.15) is 0 Å². The highest BCUT2D eigenvalue weighted by atomic mass is 16.5. The number of hydrogen-bond acceptors (Lipinski definition) is 3. The first-order chi connectivity index (χ1) is 8.65. The number of hydrogen-bond donors (Lipinski definition) is 1. The van der Waals surface area contributed by atoms with Gasteiger partial charge in [-0.15, -0.1) is 0 Å². The Balaban J connectivity index is 2.05. The second kappa shape index (κ2) is 4.16. The van der Waals surface area contributed by atoms with Crippen molar-refractivity contribution in [2.45, 2.75) is 44.6 Å². The maximum Gasteiger partial charge on any atom is 0.164 e. The molecule has 1 fully saturated rings. The number of ether oxygens (including phenoxy) is 2. The Morgan fingerprint density at radius 1 is 1.22 bits per heavy atom. The molecule has 2 N–H and O–H groups in total. The third-order valence-electron chi connectivity index (χ3n) is 4.36. The molecule has 3 nitrogen and oxygen atoms in total. The van der Waals surface area contributed by atoms with E-state index in [1.54, 1.807) is 0 Å². The summed E-state index contributed by atoms with van der Waals surface area (Å²) in [5.74, 6) is 1.81. The molecule has 0 aromatic heterocycles. The Bertz CT molecular complexity index is 464. The molecule has 3 heteroatoms. The fourth-order valence-electron chi connectivity index (χ4n) is 3.02. The minimum atomic E-state index is 0.175. The monoisotopic (exact) mass is 247 g/mol. The Labute approximate surface area is 108 Å². The molecule has 1 heterocycles. The molecule has 0 amide bonds. The first-order valence-electron chi connectivity index (χ1n) is 6.80. The zero-order valence-electron chi connectivity index (χ0n) is 11.2. The second-order valence-electron chi connectivity index (χ2n) is 5.56. The quantitative estimate of drug-likeness (QED) is 0.873. The van der Waals surface area contributed by atoms with Crippen LogP contribution in [0.15, 0.2) is 12.1 Å². The van der Waals surface area contributed by atoms with E-state index in [0.29, 0.717) is 0 Å². The topological polar surface area (TPSA) is 44.5 Å². The Morgan fingerprint density at radius 2 is 1.94 bits per heavy atom. The first kappa shape index (κ1) is 11.8. The van der Waals surface area contributed by atoms with E-state index in [4.69, 9.17) is 15.2 Å². The Morgan fingerprint density at radius 3 is 2.61 bits per heavy atom. The van der Waals surface area contributed by atoms with Crippen molar-refractivity contribution >= 4 is 0 Å². The van der Waals surface area contributed by atoms with Gasteiger partial charge in [-0.1, -0.05) is 6.07 Å². The van der Waals surface area contributed by atoms with Crippen LogP contribution < -0.4 is 15.2 Å². The summed E-state index contributed by atoms with van der Waals surface area (Å²) in [7, 11) is 0. The molecule has 0 spiro atoms. The highest BCUT2D eigenvalue weighted by molar-refractivity contribution is 5.54. The van der Waals surface area contributed by atoms with Gasteiger partial charge in [0.2, 0.25) is 0 Å². The van der Waals surface area contributed by atoms with Crippen LogP contribution in [0.4, 0.5) is 0 Å². The summed E-state index contributed by atoms with van der Waals surface area (Å²) in [5, 5.41) is 0. The Hall–Kier alpha value is -1.22. The van der Waals surface area contributed by atoms with Crippen LogP contribution in [0.25, 0.3) is 0 Å². The van der Waals surface area contributed by atoms with Gasteiger partial charge >= 0.3 is 0 Å². The van der Waals surface area contributed by atoms with Crippen LogP contribution in [-0.4, -0.2) is 19.3 Å². The molecule has 0 bridgehead atoms. The zero-order chi connectivity index (χ0) is 12.8. The largest absolute Gasteiger partial charge is 0.490 e. The van der Waals surface area contributed by atoms with Crippen molar-refractivity contribution in [2.75, 3.05) is 13.2 Å². The molecule has 1 unspecified atom stereocenters. The number of nitrogens with two attached hydrogens (primary N) is 1. The van der Waals surface area contributed by atoms with Crippen LogP contribution in [0.5, 0.6) is 11.5 Å². The van der Waals surface area contributed by atoms with E-state index in [1.165, 1.54) is 24.0 Å². The number of fused-ring (bicyclic) bond motifs is 1. The van der Waals surface area contributed by atoms with Gasteiger partial charge in [-0.3, -0.25) is 0 Å². The van der Waals surface area contributed by atoms with Crippen molar-refractivity contribution in [3.05, 3.63) is 23.3 Å². The molecule has 1 aromatic rings. The summed E-state index contributed by atoms with van der Waals surface area (Å²) in [4.78, 5) is 0. The van der Waals surface area contributed by atoms with Gasteiger partial charge in [-0.05, 0) is 43.9 Å². The van der Waals surface area contributed by atoms with Crippen molar-refractivity contribution < 1.29 is 9.47 Å². The minimum Gasteiger partial charge on any atom is -0.490 e. The van der Waals surface area contributed by atoms with Gasteiger partial charge in [0.1, 0.15) is 0 Å². The van der Waals surface area contributed by atoms with E-state index < -0.39 is 0 Å². The van der Waals surface area contributed by atoms with Gasteiger partial charge in [0.15, 0.2) is 11.5 Å². The number of benzene rings is 1. The normalized spacial score (nSPS) is 22.2. The average Bonchev–Trinajstić information content (AvgIpc) is 3.13. The van der Waals surface area contributed by atoms with Crippen LogP contribution in [-0.2, 0) is 5.41 Å². The number of rotatable bonds is 2. The highest BCUT2D eigenvalue weighted by Gasteiger charge is 2.48. The molecular formula is C15H21NO2. The van der Waals surface area contributed by atoms with Crippen LogP contribution >= 0.6 is 0 Å². The molecule has 18 heavy (non-hydrogen) atoms. The lowest BCUT2D eigenvalue weighted by atomic mass is 9.86. The van der Waals surface area contributed by atoms with Crippen molar-refractivity contribution in [3.63, 3.8) is 0 Å². The molecule has 1 aromatic carbocycles. The van der Waals surface area contributed by atoms with E-state index in [1.807, 2.05) is 6.07 Å². The lowest BCUT2D eigenvalue weighted by Gasteiger charge is -2.24. The summed E-state index contributed by atoms with van der Waals surface area (Å²) in [6.07, 6.45) is 3.32. The maximum atomic E-state index is 6.17. The van der Waals surface area contributed by atoms with Crippen molar-refractivity contribution in [2.24, 2.45) is 5.73 Å². The third kappa shape index (κ3) is 1.69. The smallest absolute Gasteiger partial charge is 0.164 e. The third-order valence-corrected chi connectivity index (χ3v) is 4.36. The van der Waals surface area contributed by atoms with Crippen molar-refractivity contribution in [1.29, 1.82) is 0 Å². The van der Waals surface area contributed by atoms with Gasteiger partial charge < -0.3 is 15.2 Å². The van der Waals surface area contributed by atoms with E-state index in [-0.39, 0.29) is 11.5 Å². The molecule has 2 aliphatic rings. The van der Waals surface area contributed by atoms with Gasteiger partial charge in [0.25, 0.3) is 0 Å². The average molecular weight is 247 g/mol. The molecule has 0 saturated heterocycles. The SMILES string of the molecule is Cc1c(C2(C(C)N)CC2)ccc2c1OCCCO2. The van der Waals surface area contributed by atoms with Crippen molar-refractivity contribution in [1.82, 2.24) is 0 Å². The predicted octanol–water partition coefficient (Wildman–Crippen LogP) is 2.54. The standard InChI is InChI=1S/C15H21NO2/c1-10-12(15(6-7-15)11(2)16)4-5-13-14(10)18-9-3-8-17-13/h4-5,11H,3,6-9,16H2,1-2H3. The molecular weight excluding hydrogens is 226 g/mol. The van der Waals surface area contributed by atoms with Gasteiger partial charge in [-0.25, -0.2) is 0 Å². The van der Waals surface area contributed by atoms with Crippen LogP contribution in [0.2, 0.25) is 0 Å². The molecule has 1 atom stereocenters. The fourth-order valence-corrected chi connectivity index (χ4v) is 3.02. The maximum absolute atomic E-state index is 6.17.